The molecule has 0 atom stereocenters. The third-order valence-corrected chi connectivity index (χ3v) is 5.47. The highest BCUT2D eigenvalue weighted by atomic mass is 16.1. The van der Waals surface area contributed by atoms with E-state index in [-0.39, 0.29) is 5.91 Å². The number of carbonyl (C=O) groups excluding carboxylic acids is 1. The van der Waals surface area contributed by atoms with Crippen LogP contribution in [-0.4, -0.2) is 15.9 Å². The molecule has 0 bridgehead atoms. The molecule has 0 saturated carbocycles. The van der Waals surface area contributed by atoms with Crippen LogP contribution in [-0.2, 0) is 4.79 Å². The molecule has 6 heteroatoms. The number of rotatable bonds is 6. The zero-order chi connectivity index (χ0) is 25.3. The van der Waals surface area contributed by atoms with Crippen molar-refractivity contribution in [1.82, 2.24) is 9.97 Å². The van der Waals surface area contributed by atoms with E-state index in [9.17, 15) is 4.79 Å². The van der Waals surface area contributed by atoms with Gasteiger partial charge in [0, 0.05) is 28.3 Å². The summed E-state index contributed by atoms with van der Waals surface area (Å²) in [6, 6.07) is 31.5. The van der Waals surface area contributed by atoms with Crippen LogP contribution < -0.4 is 16.4 Å². The average molecular weight is 474 g/mol. The first-order chi connectivity index (χ1) is 17.5. The highest BCUT2D eigenvalue weighted by Gasteiger charge is 2.07. The van der Waals surface area contributed by atoms with Crippen LogP contribution in [0.4, 0.5) is 22.9 Å². The van der Waals surface area contributed by atoms with Gasteiger partial charge in [-0.3, -0.25) is 4.79 Å². The Balaban J connectivity index is 1.85. The Labute approximate surface area is 210 Å². The van der Waals surface area contributed by atoms with Crippen molar-refractivity contribution in [1.29, 1.82) is 0 Å². The number of aryl methyl sites for hydroxylation is 1. The van der Waals surface area contributed by atoms with E-state index in [1.807, 2.05) is 85.8 Å². The SMILES string of the molecule is C=CC(=O)Nc1cccc(-c2cc(-c3cccc(Nc4ccccc4)c3)ccc(N)ncnc2C)c1. The fourth-order valence-electron chi connectivity index (χ4n) is 3.67. The summed E-state index contributed by atoms with van der Waals surface area (Å²) in [5.41, 5.74) is 13.1. The minimum atomic E-state index is -0.270. The van der Waals surface area contributed by atoms with Crippen molar-refractivity contribution >= 4 is 28.8 Å². The zero-order valence-electron chi connectivity index (χ0n) is 20.0. The Morgan fingerprint density at radius 2 is 1.44 bits per heavy atom. The van der Waals surface area contributed by atoms with Gasteiger partial charge in [-0.15, -0.1) is 0 Å². The molecular formula is C30H27N5O. The minimum absolute atomic E-state index is 0.270. The van der Waals surface area contributed by atoms with Gasteiger partial charge in [-0.2, -0.15) is 0 Å². The van der Waals surface area contributed by atoms with E-state index >= 15 is 0 Å². The molecule has 178 valence electrons. The van der Waals surface area contributed by atoms with E-state index in [1.54, 1.807) is 6.07 Å². The summed E-state index contributed by atoms with van der Waals surface area (Å²) in [6.07, 6.45) is 2.69. The van der Waals surface area contributed by atoms with Crippen LogP contribution in [0.2, 0.25) is 0 Å². The molecule has 1 aromatic heterocycles. The fraction of sp³-hybridized carbons (Fsp3) is 0.0333. The molecule has 0 aliphatic heterocycles. The molecule has 0 fully saturated rings. The second-order valence-corrected chi connectivity index (χ2v) is 8.08. The molecule has 1 heterocycles. The normalized spacial score (nSPS) is 10.1. The number of nitrogens with zero attached hydrogens (tertiary/aromatic N) is 2. The van der Waals surface area contributed by atoms with Crippen LogP contribution in [0, 0.1) is 6.92 Å². The van der Waals surface area contributed by atoms with Gasteiger partial charge >= 0.3 is 0 Å². The number of hydrogen-bond acceptors (Lipinski definition) is 5. The lowest BCUT2D eigenvalue weighted by Gasteiger charge is -2.11. The summed E-state index contributed by atoms with van der Waals surface area (Å²) in [6.45, 7) is 5.44. The maximum Gasteiger partial charge on any atom is 0.247 e. The predicted molar refractivity (Wildman–Crippen MR) is 148 cm³/mol. The van der Waals surface area contributed by atoms with Crippen LogP contribution in [0.25, 0.3) is 22.3 Å². The van der Waals surface area contributed by atoms with Gasteiger partial charge < -0.3 is 16.4 Å². The molecule has 0 spiro atoms. The Morgan fingerprint density at radius 3 is 2.22 bits per heavy atom. The van der Waals surface area contributed by atoms with Crippen molar-refractivity contribution in [2.24, 2.45) is 0 Å². The number of anilines is 4. The molecule has 6 nitrogen and oxygen atoms in total. The number of nitrogens with two attached hydrogens (primary N) is 1. The molecule has 4 N–H and O–H groups in total. The molecule has 0 radical (unpaired) electrons. The number of aromatic nitrogens is 2. The molecule has 4 rings (SSSR count). The predicted octanol–water partition coefficient (Wildman–Crippen LogP) is 6.69. The first kappa shape index (κ1) is 24.2. The maximum absolute atomic E-state index is 11.8. The minimum Gasteiger partial charge on any atom is -0.384 e. The molecular weight excluding hydrogens is 446 g/mol. The number of para-hydroxylation sites is 1. The second kappa shape index (κ2) is 11.4. The lowest BCUT2D eigenvalue weighted by atomic mass is 9.99. The first-order valence-corrected chi connectivity index (χ1v) is 11.4. The van der Waals surface area contributed by atoms with E-state index in [0.717, 1.165) is 39.3 Å². The fourth-order valence-corrected chi connectivity index (χ4v) is 3.67. The smallest absolute Gasteiger partial charge is 0.247 e. The van der Waals surface area contributed by atoms with Crippen LogP contribution in [0.3, 0.4) is 0 Å². The Hall–Kier alpha value is -4.97. The van der Waals surface area contributed by atoms with Gasteiger partial charge in [-0.25, -0.2) is 9.97 Å². The Morgan fingerprint density at radius 1 is 0.778 bits per heavy atom. The van der Waals surface area contributed by atoms with Gasteiger partial charge in [0.1, 0.15) is 12.1 Å². The summed E-state index contributed by atoms with van der Waals surface area (Å²) in [5, 5.41) is 6.26. The van der Waals surface area contributed by atoms with Crippen molar-refractivity contribution in [3.63, 3.8) is 0 Å². The number of amides is 1. The molecule has 36 heavy (non-hydrogen) atoms. The van der Waals surface area contributed by atoms with Crippen LogP contribution in [0.15, 0.2) is 116 Å². The van der Waals surface area contributed by atoms with Gasteiger partial charge in [0.05, 0.1) is 0 Å². The number of benzene rings is 3. The zero-order valence-corrected chi connectivity index (χ0v) is 20.0. The van der Waals surface area contributed by atoms with Crippen molar-refractivity contribution in [3.8, 4) is 22.3 Å². The summed E-state index contributed by atoms with van der Waals surface area (Å²) in [5.74, 6) is 0.0853. The highest BCUT2D eigenvalue weighted by Crippen LogP contribution is 2.30. The van der Waals surface area contributed by atoms with E-state index < -0.39 is 0 Å². The molecule has 1 amide bonds. The first-order valence-electron chi connectivity index (χ1n) is 11.4. The standard InChI is InChI=1S/C30H27N5O/c1-3-30(36)35-27-14-8-10-24(18-27)28-19-23(15-16-29(31)33-20-32-21(28)2)22-9-7-13-26(17-22)34-25-11-5-4-6-12-25/h3-20,34H,1H2,2H3,(H,35,36)(H2,31,32,33). The summed E-state index contributed by atoms with van der Waals surface area (Å²) in [4.78, 5) is 20.5. The van der Waals surface area contributed by atoms with E-state index in [0.29, 0.717) is 11.5 Å². The Kier molecular flexibility index (Phi) is 7.68. The van der Waals surface area contributed by atoms with Crippen molar-refractivity contribution in [2.45, 2.75) is 6.92 Å². The summed E-state index contributed by atoms with van der Waals surface area (Å²) in [7, 11) is 0. The maximum atomic E-state index is 11.8. The molecule has 0 aliphatic rings. The van der Waals surface area contributed by atoms with Gasteiger partial charge in [-0.1, -0.05) is 55.1 Å². The third-order valence-electron chi connectivity index (χ3n) is 5.47. The van der Waals surface area contributed by atoms with E-state index in [1.165, 1.54) is 12.4 Å². The van der Waals surface area contributed by atoms with Crippen LogP contribution >= 0.6 is 0 Å². The largest absolute Gasteiger partial charge is 0.384 e. The van der Waals surface area contributed by atoms with Gasteiger partial charge in [0.15, 0.2) is 0 Å². The van der Waals surface area contributed by atoms with Gasteiger partial charge in [0.2, 0.25) is 5.91 Å². The lowest BCUT2D eigenvalue weighted by Crippen LogP contribution is -2.07. The quantitative estimate of drug-likeness (QED) is 0.271. The number of hydrogen-bond donors (Lipinski definition) is 3. The molecule has 0 saturated heterocycles. The summed E-state index contributed by atoms with van der Waals surface area (Å²) < 4.78 is 0. The number of nitrogens with one attached hydrogen (secondary N) is 2. The van der Waals surface area contributed by atoms with Gasteiger partial charge in [0.25, 0.3) is 0 Å². The van der Waals surface area contributed by atoms with Crippen LogP contribution in [0.1, 0.15) is 5.69 Å². The molecule has 3 aromatic carbocycles. The molecule has 0 unspecified atom stereocenters. The van der Waals surface area contributed by atoms with Crippen molar-refractivity contribution in [2.75, 3.05) is 16.4 Å². The number of carbonyl (C=O) groups is 1. The van der Waals surface area contributed by atoms with E-state index in [4.69, 9.17) is 5.73 Å². The molecule has 4 aromatic rings. The van der Waals surface area contributed by atoms with E-state index in [2.05, 4.69) is 39.3 Å². The summed E-state index contributed by atoms with van der Waals surface area (Å²) >= 11 is 0. The average Bonchev–Trinajstić information content (AvgIpc) is 2.89. The topological polar surface area (TPSA) is 92.9 Å². The molecule has 0 aliphatic carbocycles. The monoisotopic (exact) mass is 473 g/mol. The van der Waals surface area contributed by atoms with Crippen LogP contribution in [0.5, 0.6) is 0 Å². The van der Waals surface area contributed by atoms with Gasteiger partial charge in [-0.05, 0) is 78.2 Å². The number of nitrogen functional groups attached to an aromatic ring is 1. The van der Waals surface area contributed by atoms with Crippen molar-refractivity contribution in [3.05, 3.63) is 122 Å². The lowest BCUT2D eigenvalue weighted by molar-refractivity contribution is -0.111. The second-order valence-electron chi connectivity index (χ2n) is 8.08. The highest BCUT2D eigenvalue weighted by molar-refractivity contribution is 5.99. The Bertz CT molecular complexity index is 1450. The van der Waals surface area contributed by atoms with Crippen molar-refractivity contribution < 1.29 is 4.79 Å². The third kappa shape index (κ3) is 6.33.